The number of aliphatic hydroxyl groups excluding tert-OH is 1. The number of nitrogens with zero attached hydrogens (tertiary/aromatic N) is 2. The summed E-state index contributed by atoms with van der Waals surface area (Å²) in [6.45, 7) is 1.17. The first-order chi connectivity index (χ1) is 9.86. The number of hydrogen-bond donors (Lipinski definition) is 1. The first-order valence-corrected chi connectivity index (χ1v) is 8.36. The second-order valence-corrected chi connectivity index (χ2v) is 7.46. The van der Waals surface area contributed by atoms with E-state index in [1.54, 1.807) is 0 Å². The smallest absolute Gasteiger partial charge is 0.243 e. The molecule has 0 bridgehead atoms. The lowest BCUT2D eigenvalue weighted by atomic mass is 10.1. The van der Waals surface area contributed by atoms with E-state index in [0.717, 1.165) is 31.5 Å². The van der Waals surface area contributed by atoms with Crippen LogP contribution in [0.5, 0.6) is 0 Å². The normalized spacial score (nSPS) is 20.9. The van der Waals surface area contributed by atoms with Gasteiger partial charge in [-0.05, 0) is 44.1 Å². The maximum absolute atomic E-state index is 13.4. The zero-order valence-corrected chi connectivity index (χ0v) is 13.1. The molecule has 1 fully saturated rings. The van der Waals surface area contributed by atoms with Crippen molar-refractivity contribution in [3.05, 3.63) is 29.6 Å². The fourth-order valence-corrected chi connectivity index (χ4v) is 4.29. The Labute approximate surface area is 125 Å². The number of benzene rings is 1. The first kappa shape index (κ1) is 16.4. The second-order valence-electron chi connectivity index (χ2n) is 5.49. The van der Waals surface area contributed by atoms with Gasteiger partial charge in [-0.25, -0.2) is 12.8 Å². The van der Waals surface area contributed by atoms with Gasteiger partial charge < -0.3 is 10.0 Å². The maximum atomic E-state index is 13.4. The third kappa shape index (κ3) is 3.42. The van der Waals surface area contributed by atoms with Crippen molar-refractivity contribution in [2.24, 2.45) is 0 Å². The molecule has 1 atom stereocenters. The number of piperidine rings is 1. The molecule has 118 valence electrons. The quantitative estimate of drug-likeness (QED) is 0.901. The molecule has 5 nitrogen and oxygen atoms in total. The number of sulfonamides is 1. The summed E-state index contributed by atoms with van der Waals surface area (Å²) in [4.78, 5) is 1.93. The molecule has 1 aliphatic heterocycles. The Hall–Kier alpha value is -1.02. The minimum atomic E-state index is -3.82. The van der Waals surface area contributed by atoms with Crippen LogP contribution in [0.1, 0.15) is 18.4 Å². The van der Waals surface area contributed by atoms with Crippen LogP contribution in [0.2, 0.25) is 0 Å². The molecule has 0 amide bonds. The minimum absolute atomic E-state index is 0.136. The van der Waals surface area contributed by atoms with E-state index in [1.165, 1.54) is 17.4 Å². The lowest BCUT2D eigenvalue weighted by Crippen LogP contribution is -2.47. The van der Waals surface area contributed by atoms with Crippen molar-refractivity contribution in [2.45, 2.75) is 30.4 Å². The molecular formula is C14H21FN2O3S. The van der Waals surface area contributed by atoms with Crippen molar-refractivity contribution >= 4 is 10.0 Å². The van der Waals surface area contributed by atoms with Gasteiger partial charge in [0.05, 0.1) is 11.5 Å². The minimum Gasteiger partial charge on any atom is -0.392 e. The van der Waals surface area contributed by atoms with Gasteiger partial charge in [-0.2, -0.15) is 4.31 Å². The average molecular weight is 316 g/mol. The highest BCUT2D eigenvalue weighted by Gasteiger charge is 2.32. The van der Waals surface area contributed by atoms with Crippen LogP contribution in [0.15, 0.2) is 23.1 Å². The lowest BCUT2D eigenvalue weighted by Gasteiger charge is -2.35. The van der Waals surface area contributed by atoms with E-state index in [4.69, 9.17) is 0 Å². The summed E-state index contributed by atoms with van der Waals surface area (Å²) in [6.07, 6.45) is 1.71. The Balaban J connectivity index is 2.35. The van der Waals surface area contributed by atoms with E-state index in [1.807, 2.05) is 7.05 Å². The average Bonchev–Trinajstić information content (AvgIpc) is 2.46. The van der Waals surface area contributed by atoms with Crippen LogP contribution in [-0.4, -0.2) is 56.0 Å². The van der Waals surface area contributed by atoms with Crippen molar-refractivity contribution < 1.29 is 17.9 Å². The van der Waals surface area contributed by atoms with E-state index >= 15 is 0 Å². The van der Waals surface area contributed by atoms with Gasteiger partial charge in [-0.1, -0.05) is 6.07 Å². The Bertz CT molecular complexity index is 606. The van der Waals surface area contributed by atoms with Crippen LogP contribution in [-0.2, 0) is 16.6 Å². The molecule has 2 rings (SSSR count). The zero-order valence-electron chi connectivity index (χ0n) is 12.3. The molecular weight excluding hydrogens is 295 g/mol. The molecule has 0 aromatic heterocycles. The van der Waals surface area contributed by atoms with Crippen LogP contribution < -0.4 is 0 Å². The fourth-order valence-electron chi connectivity index (χ4n) is 2.69. The van der Waals surface area contributed by atoms with E-state index in [0.29, 0.717) is 6.54 Å². The number of likely N-dealkylation sites (N-methyl/N-ethyl adjacent to an activating group) is 2. The number of likely N-dealkylation sites (tertiary alicyclic amines) is 1. The van der Waals surface area contributed by atoms with Gasteiger partial charge in [0.25, 0.3) is 0 Å². The molecule has 0 aliphatic carbocycles. The van der Waals surface area contributed by atoms with Crippen LogP contribution in [0, 0.1) is 5.82 Å². The van der Waals surface area contributed by atoms with Gasteiger partial charge in [0, 0.05) is 19.6 Å². The molecule has 0 radical (unpaired) electrons. The van der Waals surface area contributed by atoms with E-state index in [-0.39, 0.29) is 16.5 Å². The number of hydrogen-bond acceptors (Lipinski definition) is 4. The summed E-state index contributed by atoms with van der Waals surface area (Å²) in [5, 5.41) is 9.29. The molecule has 0 spiro atoms. The SMILES string of the molecule is CN1CCCC(N(C)S(=O)(=O)c2cc(F)ccc2CO)C1. The second kappa shape index (κ2) is 6.39. The predicted octanol–water partition coefficient (Wildman–Crippen LogP) is 1.03. The van der Waals surface area contributed by atoms with Gasteiger partial charge in [0.1, 0.15) is 5.82 Å². The molecule has 0 saturated carbocycles. The van der Waals surface area contributed by atoms with E-state index in [9.17, 15) is 17.9 Å². The highest BCUT2D eigenvalue weighted by atomic mass is 32.2. The molecule has 1 unspecified atom stereocenters. The van der Waals surface area contributed by atoms with Gasteiger partial charge in [-0.15, -0.1) is 0 Å². The molecule has 1 N–H and O–H groups in total. The van der Waals surface area contributed by atoms with Crippen molar-refractivity contribution in [3.63, 3.8) is 0 Å². The first-order valence-electron chi connectivity index (χ1n) is 6.92. The third-order valence-corrected chi connectivity index (χ3v) is 5.96. The summed E-state index contributed by atoms with van der Waals surface area (Å²) in [5.41, 5.74) is 0.215. The largest absolute Gasteiger partial charge is 0.392 e. The standard InChI is InChI=1S/C14H21FN2O3S/c1-16-7-3-4-13(9-16)17(2)21(19,20)14-8-12(15)6-5-11(14)10-18/h5-6,8,13,18H,3-4,7,9-10H2,1-2H3. The van der Waals surface area contributed by atoms with E-state index in [2.05, 4.69) is 4.90 Å². The van der Waals surface area contributed by atoms with Crippen LogP contribution in [0.3, 0.4) is 0 Å². The van der Waals surface area contributed by atoms with Crippen LogP contribution in [0.4, 0.5) is 4.39 Å². The van der Waals surface area contributed by atoms with Crippen LogP contribution in [0.25, 0.3) is 0 Å². The van der Waals surface area contributed by atoms with Crippen molar-refractivity contribution in [2.75, 3.05) is 27.2 Å². The molecule has 7 heteroatoms. The molecule has 1 saturated heterocycles. The van der Waals surface area contributed by atoms with Gasteiger partial charge in [-0.3, -0.25) is 0 Å². The molecule has 1 aliphatic rings. The topological polar surface area (TPSA) is 60.9 Å². The molecule has 1 aromatic carbocycles. The van der Waals surface area contributed by atoms with Crippen molar-refractivity contribution in [1.29, 1.82) is 0 Å². The Kier molecular flexibility index (Phi) is 4.98. The Morgan fingerprint density at radius 2 is 2.19 bits per heavy atom. The number of rotatable bonds is 4. The Morgan fingerprint density at radius 1 is 1.48 bits per heavy atom. The molecule has 1 heterocycles. The monoisotopic (exact) mass is 316 g/mol. The van der Waals surface area contributed by atoms with Gasteiger partial charge >= 0.3 is 0 Å². The predicted molar refractivity (Wildman–Crippen MR) is 77.8 cm³/mol. The maximum Gasteiger partial charge on any atom is 0.243 e. The summed E-state index contributed by atoms with van der Waals surface area (Å²) in [5.74, 6) is -0.625. The van der Waals surface area contributed by atoms with Gasteiger partial charge in [0.2, 0.25) is 10.0 Å². The van der Waals surface area contributed by atoms with Gasteiger partial charge in [0.15, 0.2) is 0 Å². The summed E-state index contributed by atoms with van der Waals surface area (Å²) in [7, 11) is -0.349. The molecule has 21 heavy (non-hydrogen) atoms. The third-order valence-electron chi connectivity index (χ3n) is 3.97. The molecule has 1 aromatic rings. The number of halogens is 1. The highest BCUT2D eigenvalue weighted by Crippen LogP contribution is 2.25. The number of aliphatic hydroxyl groups is 1. The Morgan fingerprint density at radius 3 is 2.81 bits per heavy atom. The van der Waals surface area contributed by atoms with E-state index < -0.39 is 22.4 Å². The zero-order chi connectivity index (χ0) is 15.6. The fraction of sp³-hybridized carbons (Fsp3) is 0.571. The summed E-state index contributed by atoms with van der Waals surface area (Å²) >= 11 is 0. The lowest BCUT2D eigenvalue weighted by molar-refractivity contribution is 0.187. The summed E-state index contributed by atoms with van der Waals surface area (Å²) in [6, 6.07) is 3.30. The van der Waals surface area contributed by atoms with Crippen molar-refractivity contribution in [1.82, 2.24) is 9.21 Å². The summed E-state index contributed by atoms with van der Waals surface area (Å²) < 4.78 is 40.1. The van der Waals surface area contributed by atoms with Crippen molar-refractivity contribution in [3.8, 4) is 0 Å². The highest BCUT2D eigenvalue weighted by molar-refractivity contribution is 7.89. The van der Waals surface area contributed by atoms with Crippen LogP contribution >= 0.6 is 0 Å².